The first-order chi connectivity index (χ1) is 14.1. The number of aryl methyl sites for hydroxylation is 1. The maximum Gasteiger partial charge on any atom is 0.339 e. The maximum absolute atomic E-state index is 13.4. The highest BCUT2D eigenvalue weighted by Gasteiger charge is 2.40. The summed E-state index contributed by atoms with van der Waals surface area (Å²) >= 11 is 0. The van der Waals surface area contributed by atoms with Gasteiger partial charge in [-0.25, -0.2) is 4.79 Å². The fourth-order valence-electron chi connectivity index (χ4n) is 3.89. The van der Waals surface area contributed by atoms with E-state index in [-0.39, 0.29) is 12.0 Å². The topological polar surface area (TPSA) is 69.0 Å². The van der Waals surface area contributed by atoms with Crippen LogP contribution in [0.2, 0.25) is 0 Å². The fraction of sp³-hybridized carbons (Fsp3) is 0.217. The number of carbonyl (C=O) groups excluding carboxylic acids is 1. The third-order valence-corrected chi connectivity index (χ3v) is 5.26. The van der Waals surface area contributed by atoms with Crippen molar-refractivity contribution in [2.75, 3.05) is 13.1 Å². The summed E-state index contributed by atoms with van der Waals surface area (Å²) in [5, 5.41) is 0. The summed E-state index contributed by atoms with van der Waals surface area (Å²) in [6, 6.07) is 18.3. The molecule has 29 heavy (non-hydrogen) atoms. The number of hydrogen-bond donors (Lipinski definition) is 0. The average molecular weight is 389 g/mol. The van der Waals surface area contributed by atoms with Gasteiger partial charge >= 0.3 is 5.63 Å². The zero-order valence-corrected chi connectivity index (χ0v) is 15.8. The second-order valence-corrected chi connectivity index (χ2v) is 7.32. The lowest BCUT2D eigenvalue weighted by Crippen LogP contribution is -2.57. The van der Waals surface area contributed by atoms with E-state index < -0.39 is 11.5 Å². The molecule has 1 aromatic heterocycles. The van der Waals surface area contributed by atoms with E-state index in [0.29, 0.717) is 36.1 Å². The molecule has 0 radical (unpaired) electrons. The number of para-hydroxylation sites is 2. The van der Waals surface area contributed by atoms with Crippen LogP contribution in [0.1, 0.15) is 22.8 Å². The van der Waals surface area contributed by atoms with Crippen LogP contribution in [-0.4, -0.2) is 30.0 Å². The molecular formula is C23H19NO5. The standard InChI is InChI=1S/C23H19NO5/c1-14-10-15(11-21(25)27-14)28-16-12-24(13-16)23(26)22-17-6-2-4-8-19(17)29-20-9-5-3-7-18(20)22/h2-11,16,22H,12-13H2,1H3. The van der Waals surface area contributed by atoms with Gasteiger partial charge in [0, 0.05) is 17.2 Å². The van der Waals surface area contributed by atoms with E-state index in [1.165, 1.54) is 6.07 Å². The molecule has 1 amide bonds. The normalized spacial score (nSPS) is 15.7. The molecule has 5 rings (SSSR count). The van der Waals surface area contributed by atoms with Crippen molar-refractivity contribution in [3.63, 3.8) is 0 Å². The van der Waals surface area contributed by atoms with E-state index in [2.05, 4.69) is 0 Å². The second-order valence-electron chi connectivity index (χ2n) is 7.32. The Hall–Kier alpha value is -3.54. The number of fused-ring (bicyclic) bond motifs is 2. The van der Waals surface area contributed by atoms with Crippen LogP contribution < -0.4 is 15.1 Å². The first-order valence-corrected chi connectivity index (χ1v) is 9.51. The largest absolute Gasteiger partial charge is 0.486 e. The van der Waals surface area contributed by atoms with Crippen LogP contribution in [0.4, 0.5) is 0 Å². The summed E-state index contributed by atoms with van der Waals surface area (Å²) in [7, 11) is 0. The van der Waals surface area contributed by atoms with E-state index in [1.54, 1.807) is 17.9 Å². The monoisotopic (exact) mass is 389 g/mol. The van der Waals surface area contributed by atoms with Crippen LogP contribution in [0.15, 0.2) is 69.9 Å². The van der Waals surface area contributed by atoms with E-state index >= 15 is 0 Å². The minimum Gasteiger partial charge on any atom is -0.486 e. The van der Waals surface area contributed by atoms with Crippen molar-refractivity contribution in [3.05, 3.63) is 88.0 Å². The van der Waals surface area contributed by atoms with E-state index in [1.807, 2.05) is 48.5 Å². The Labute approximate surface area is 167 Å². The van der Waals surface area contributed by atoms with Gasteiger partial charge in [-0.1, -0.05) is 36.4 Å². The van der Waals surface area contributed by atoms with E-state index in [9.17, 15) is 9.59 Å². The lowest BCUT2D eigenvalue weighted by atomic mass is 9.86. The van der Waals surface area contributed by atoms with Crippen molar-refractivity contribution in [2.24, 2.45) is 0 Å². The smallest absolute Gasteiger partial charge is 0.339 e. The molecule has 146 valence electrons. The molecular weight excluding hydrogens is 370 g/mol. The van der Waals surface area contributed by atoms with Crippen molar-refractivity contribution in [3.8, 4) is 17.2 Å². The number of nitrogens with zero attached hydrogens (tertiary/aromatic N) is 1. The predicted octanol–water partition coefficient (Wildman–Crippen LogP) is 3.48. The van der Waals surface area contributed by atoms with Crippen LogP contribution in [0.25, 0.3) is 0 Å². The van der Waals surface area contributed by atoms with Gasteiger partial charge in [0.05, 0.1) is 25.1 Å². The van der Waals surface area contributed by atoms with Crippen molar-refractivity contribution in [1.82, 2.24) is 4.90 Å². The number of likely N-dealkylation sites (tertiary alicyclic amines) is 1. The molecule has 2 aliphatic rings. The van der Waals surface area contributed by atoms with Gasteiger partial charge in [-0.05, 0) is 19.1 Å². The Bertz CT molecular complexity index is 1100. The van der Waals surface area contributed by atoms with Crippen molar-refractivity contribution < 1.29 is 18.7 Å². The molecule has 1 fully saturated rings. The summed E-state index contributed by atoms with van der Waals surface area (Å²) in [5.74, 6) is 2.02. The predicted molar refractivity (Wildman–Crippen MR) is 106 cm³/mol. The van der Waals surface area contributed by atoms with Gasteiger partial charge in [0.25, 0.3) is 0 Å². The quantitative estimate of drug-likeness (QED) is 0.686. The number of benzene rings is 2. The van der Waals surface area contributed by atoms with Gasteiger partial charge < -0.3 is 18.8 Å². The maximum atomic E-state index is 13.4. The Morgan fingerprint density at radius 1 is 1.00 bits per heavy atom. The minimum absolute atomic E-state index is 0.0248. The fourth-order valence-corrected chi connectivity index (χ4v) is 3.89. The van der Waals surface area contributed by atoms with Gasteiger partial charge in [0.15, 0.2) is 0 Å². The summed E-state index contributed by atoms with van der Waals surface area (Å²) in [6.07, 6.45) is -0.148. The number of rotatable bonds is 3. The molecule has 0 atom stereocenters. The molecule has 6 nitrogen and oxygen atoms in total. The van der Waals surface area contributed by atoms with Gasteiger partial charge in [0.2, 0.25) is 5.91 Å². The first kappa shape index (κ1) is 17.6. The number of carbonyl (C=O) groups is 1. The lowest BCUT2D eigenvalue weighted by Gasteiger charge is -2.41. The Morgan fingerprint density at radius 2 is 1.62 bits per heavy atom. The highest BCUT2D eigenvalue weighted by molar-refractivity contribution is 5.90. The van der Waals surface area contributed by atoms with Crippen LogP contribution in [0, 0.1) is 6.92 Å². The van der Waals surface area contributed by atoms with Crippen molar-refractivity contribution in [2.45, 2.75) is 18.9 Å². The molecule has 0 saturated carbocycles. The van der Waals surface area contributed by atoms with Crippen LogP contribution in [0.5, 0.6) is 17.2 Å². The lowest BCUT2D eigenvalue weighted by molar-refractivity contribution is -0.140. The minimum atomic E-state index is -0.442. The third kappa shape index (κ3) is 3.16. The van der Waals surface area contributed by atoms with E-state index in [4.69, 9.17) is 13.9 Å². The Balaban J connectivity index is 1.35. The van der Waals surface area contributed by atoms with Crippen LogP contribution in [-0.2, 0) is 4.79 Å². The highest BCUT2D eigenvalue weighted by atomic mass is 16.5. The molecule has 0 unspecified atom stereocenters. The Kier molecular flexibility index (Phi) is 4.12. The van der Waals surface area contributed by atoms with Crippen LogP contribution in [0.3, 0.4) is 0 Å². The SMILES string of the molecule is Cc1cc(OC2CN(C(=O)C3c4ccccc4Oc4ccccc43)C2)cc(=O)o1. The van der Waals surface area contributed by atoms with Gasteiger partial charge in [0.1, 0.15) is 29.1 Å². The molecule has 0 spiro atoms. The summed E-state index contributed by atoms with van der Waals surface area (Å²) in [4.78, 5) is 26.6. The average Bonchev–Trinajstić information content (AvgIpc) is 2.67. The van der Waals surface area contributed by atoms with Gasteiger partial charge in [-0.3, -0.25) is 4.79 Å². The zero-order chi connectivity index (χ0) is 20.0. The zero-order valence-electron chi connectivity index (χ0n) is 15.8. The van der Waals surface area contributed by atoms with Gasteiger partial charge in [-0.2, -0.15) is 0 Å². The molecule has 0 aliphatic carbocycles. The van der Waals surface area contributed by atoms with Crippen molar-refractivity contribution in [1.29, 1.82) is 0 Å². The number of hydrogen-bond acceptors (Lipinski definition) is 5. The molecule has 6 heteroatoms. The molecule has 0 N–H and O–H groups in total. The molecule has 2 aliphatic heterocycles. The molecule has 3 aromatic rings. The van der Waals surface area contributed by atoms with Crippen LogP contribution >= 0.6 is 0 Å². The highest BCUT2D eigenvalue weighted by Crippen LogP contribution is 2.45. The summed E-state index contributed by atoms with van der Waals surface area (Å²) in [6.45, 7) is 2.64. The molecule has 2 aromatic carbocycles. The van der Waals surface area contributed by atoms with E-state index in [0.717, 1.165) is 11.1 Å². The molecule has 1 saturated heterocycles. The summed E-state index contributed by atoms with van der Waals surface area (Å²) < 4.78 is 16.8. The number of amides is 1. The molecule has 0 bridgehead atoms. The van der Waals surface area contributed by atoms with Crippen molar-refractivity contribution >= 4 is 5.91 Å². The third-order valence-electron chi connectivity index (χ3n) is 5.26. The van der Waals surface area contributed by atoms with Gasteiger partial charge in [-0.15, -0.1) is 0 Å². The first-order valence-electron chi connectivity index (χ1n) is 9.51. The second kappa shape index (κ2) is 6.81. The Morgan fingerprint density at radius 3 is 2.24 bits per heavy atom. The summed E-state index contributed by atoms with van der Waals surface area (Å²) in [5.41, 5.74) is 1.30. The number of ether oxygens (including phenoxy) is 2. The molecule has 3 heterocycles.